The lowest BCUT2D eigenvalue weighted by Gasteiger charge is -2.70. The summed E-state index contributed by atoms with van der Waals surface area (Å²) >= 11 is 0. The fourth-order valence-electron chi connectivity index (χ4n) is 11.3. The number of fused-ring (bicyclic) bond motifs is 5. The van der Waals surface area contributed by atoms with E-state index in [0.29, 0.717) is 23.7 Å². The van der Waals surface area contributed by atoms with Crippen LogP contribution in [0.15, 0.2) is 5.16 Å². The molecule has 4 aliphatic carbocycles. The average Bonchev–Trinajstić information content (AvgIpc) is 3.09. The summed E-state index contributed by atoms with van der Waals surface area (Å²) in [7, 11) is 0. The molecular formula is C30H51NO3. The van der Waals surface area contributed by atoms with Gasteiger partial charge in [-0.15, -0.1) is 0 Å². The number of aliphatic hydroxyl groups excluding tert-OH is 1. The third-order valence-corrected chi connectivity index (χ3v) is 13.0. The molecule has 1 aliphatic heterocycles. The van der Waals surface area contributed by atoms with Crippen LogP contribution in [0, 0.1) is 45.3 Å². The molecule has 0 spiro atoms. The Hall–Kier alpha value is -0.610. The molecule has 0 unspecified atom stereocenters. The molecule has 194 valence electrons. The molecule has 0 bridgehead atoms. The number of ether oxygens (including phenoxy) is 1. The lowest BCUT2D eigenvalue weighted by atomic mass is 9.35. The van der Waals surface area contributed by atoms with Gasteiger partial charge in [-0.1, -0.05) is 39.8 Å². The highest BCUT2D eigenvalue weighted by Crippen LogP contribution is 2.75. The first-order valence-corrected chi connectivity index (χ1v) is 14.2. The smallest absolute Gasteiger partial charge is 0.0693 e. The molecule has 0 aromatic heterocycles. The summed E-state index contributed by atoms with van der Waals surface area (Å²) in [5.74, 6) is 1.76. The molecule has 1 heterocycles. The van der Waals surface area contributed by atoms with Crippen LogP contribution in [-0.2, 0) is 4.74 Å². The third-order valence-electron chi connectivity index (χ3n) is 13.0. The summed E-state index contributed by atoms with van der Waals surface area (Å²) in [6, 6.07) is 0. The SMILES string of the molecule is CC1(C)CCC[C@](C)([C@H]2CC[C@]3(C)[C@@H]2[C@H](O)C[C@@H]2[C@@]4(C)CC/C(=N\O)C(C)(C)[C@@H]4CC[C@]23C)O1. The first-order valence-electron chi connectivity index (χ1n) is 14.2. The molecule has 0 aromatic carbocycles. The molecule has 5 rings (SSSR count). The van der Waals surface area contributed by atoms with Crippen LogP contribution in [0.5, 0.6) is 0 Å². The standard InChI is InChI=1S/C30H51NO3/c1-25(2)13-9-14-30(8,34-25)19-10-16-29(7)24(19)20(32)18-22-27(5)15-12-23(31-33)26(3,4)21(27)11-17-28(22,29)6/h19-22,24,32-33H,9-18H2,1-8H3/b31-23+/t19-,20+,21-,22+,24-,27-,28+,29+,30+/m0/s1. The normalized spacial score (nSPS) is 55.3. The molecule has 2 N–H and O–H groups in total. The number of rotatable bonds is 1. The van der Waals surface area contributed by atoms with Gasteiger partial charge in [0.1, 0.15) is 0 Å². The Labute approximate surface area is 208 Å². The van der Waals surface area contributed by atoms with E-state index in [1.54, 1.807) is 0 Å². The highest BCUT2D eigenvalue weighted by Gasteiger charge is 2.71. The van der Waals surface area contributed by atoms with Gasteiger partial charge in [-0.3, -0.25) is 0 Å². The van der Waals surface area contributed by atoms with Crippen molar-refractivity contribution >= 4 is 5.71 Å². The monoisotopic (exact) mass is 473 g/mol. The van der Waals surface area contributed by atoms with E-state index in [9.17, 15) is 10.3 Å². The Morgan fingerprint density at radius 1 is 0.824 bits per heavy atom. The van der Waals surface area contributed by atoms with Gasteiger partial charge in [0.15, 0.2) is 0 Å². The van der Waals surface area contributed by atoms with Gasteiger partial charge in [0.2, 0.25) is 0 Å². The largest absolute Gasteiger partial charge is 0.411 e. The Morgan fingerprint density at radius 2 is 1.50 bits per heavy atom. The molecule has 0 amide bonds. The predicted molar refractivity (Wildman–Crippen MR) is 137 cm³/mol. The molecule has 9 atom stereocenters. The van der Waals surface area contributed by atoms with Crippen molar-refractivity contribution in [3.8, 4) is 0 Å². The van der Waals surface area contributed by atoms with E-state index in [-0.39, 0.29) is 39.0 Å². The van der Waals surface area contributed by atoms with Gasteiger partial charge in [0, 0.05) is 5.41 Å². The van der Waals surface area contributed by atoms with Gasteiger partial charge in [-0.05, 0) is 125 Å². The maximum Gasteiger partial charge on any atom is 0.0693 e. The second-order valence-corrected chi connectivity index (χ2v) is 15.3. The predicted octanol–water partition coefficient (Wildman–Crippen LogP) is 7.21. The van der Waals surface area contributed by atoms with E-state index < -0.39 is 0 Å². The Kier molecular flexibility index (Phi) is 5.50. The number of nitrogens with zero attached hydrogens (tertiary/aromatic N) is 1. The minimum Gasteiger partial charge on any atom is -0.411 e. The Bertz CT molecular complexity index is 865. The average molecular weight is 474 g/mol. The zero-order valence-electron chi connectivity index (χ0n) is 23.2. The van der Waals surface area contributed by atoms with E-state index in [1.165, 1.54) is 32.1 Å². The topological polar surface area (TPSA) is 62.1 Å². The number of oxime groups is 1. The fraction of sp³-hybridized carbons (Fsp3) is 0.967. The highest BCUT2D eigenvalue weighted by molar-refractivity contribution is 5.90. The number of hydrogen-bond acceptors (Lipinski definition) is 4. The van der Waals surface area contributed by atoms with Crippen molar-refractivity contribution in [2.45, 2.75) is 137 Å². The van der Waals surface area contributed by atoms with Gasteiger partial charge in [0.05, 0.1) is 23.0 Å². The third kappa shape index (κ3) is 3.12. The van der Waals surface area contributed by atoms with Crippen LogP contribution in [0.1, 0.15) is 120 Å². The minimum atomic E-state index is -0.257. The van der Waals surface area contributed by atoms with Crippen LogP contribution in [0.3, 0.4) is 0 Å². The molecule has 34 heavy (non-hydrogen) atoms. The molecule has 0 aromatic rings. The molecule has 5 aliphatic rings. The molecule has 0 radical (unpaired) electrons. The highest BCUT2D eigenvalue weighted by atomic mass is 16.5. The summed E-state index contributed by atoms with van der Waals surface area (Å²) in [5.41, 5.74) is 1.23. The molecular weight excluding hydrogens is 422 g/mol. The molecule has 4 heteroatoms. The summed E-state index contributed by atoms with van der Waals surface area (Å²) in [4.78, 5) is 0. The van der Waals surface area contributed by atoms with Crippen LogP contribution < -0.4 is 0 Å². The van der Waals surface area contributed by atoms with Gasteiger partial charge in [0.25, 0.3) is 0 Å². The lowest BCUT2D eigenvalue weighted by molar-refractivity contribution is -0.245. The zero-order valence-corrected chi connectivity index (χ0v) is 23.2. The van der Waals surface area contributed by atoms with E-state index in [2.05, 4.69) is 60.5 Å². The van der Waals surface area contributed by atoms with Crippen LogP contribution >= 0.6 is 0 Å². The van der Waals surface area contributed by atoms with Crippen LogP contribution in [0.2, 0.25) is 0 Å². The summed E-state index contributed by atoms with van der Waals surface area (Å²) < 4.78 is 6.87. The summed E-state index contributed by atoms with van der Waals surface area (Å²) in [6.45, 7) is 19.1. The first-order chi connectivity index (χ1) is 15.6. The van der Waals surface area contributed by atoms with E-state index in [1.807, 2.05) is 0 Å². The fourth-order valence-corrected chi connectivity index (χ4v) is 11.3. The van der Waals surface area contributed by atoms with Crippen molar-refractivity contribution < 1.29 is 15.1 Å². The molecule has 4 nitrogen and oxygen atoms in total. The van der Waals surface area contributed by atoms with Crippen molar-refractivity contribution in [1.29, 1.82) is 0 Å². The maximum absolute atomic E-state index is 12.0. The maximum atomic E-state index is 12.0. The zero-order chi connectivity index (χ0) is 24.9. The van der Waals surface area contributed by atoms with Crippen molar-refractivity contribution in [1.82, 2.24) is 0 Å². The molecule has 5 fully saturated rings. The Balaban J connectivity index is 1.51. The van der Waals surface area contributed by atoms with Crippen molar-refractivity contribution in [2.75, 3.05) is 0 Å². The van der Waals surface area contributed by atoms with Gasteiger partial charge in [-0.25, -0.2) is 0 Å². The number of aliphatic hydroxyl groups is 1. The summed E-state index contributed by atoms with van der Waals surface area (Å²) in [5, 5.41) is 25.5. The van der Waals surface area contributed by atoms with Crippen molar-refractivity contribution in [2.24, 2.45) is 50.5 Å². The quantitative estimate of drug-likeness (QED) is 0.312. The molecule has 1 saturated heterocycles. The van der Waals surface area contributed by atoms with Crippen molar-refractivity contribution in [3.63, 3.8) is 0 Å². The van der Waals surface area contributed by atoms with Crippen molar-refractivity contribution in [3.05, 3.63) is 0 Å². The minimum absolute atomic E-state index is 0.0662. The molecule has 4 saturated carbocycles. The van der Waals surface area contributed by atoms with E-state index in [0.717, 1.165) is 37.8 Å². The lowest BCUT2D eigenvalue weighted by Crippen LogP contribution is -2.66. The van der Waals surface area contributed by atoms with Crippen LogP contribution in [0.25, 0.3) is 0 Å². The second-order valence-electron chi connectivity index (χ2n) is 15.3. The summed E-state index contributed by atoms with van der Waals surface area (Å²) in [6.07, 6.45) is 10.9. The van der Waals surface area contributed by atoms with Gasteiger partial charge >= 0.3 is 0 Å². The second kappa shape index (κ2) is 7.46. The van der Waals surface area contributed by atoms with E-state index >= 15 is 0 Å². The van der Waals surface area contributed by atoms with E-state index in [4.69, 9.17) is 4.74 Å². The van der Waals surface area contributed by atoms with Crippen LogP contribution in [0.4, 0.5) is 0 Å². The first kappa shape index (κ1) is 25.1. The van der Waals surface area contributed by atoms with Gasteiger partial charge in [-0.2, -0.15) is 0 Å². The Morgan fingerprint density at radius 3 is 2.15 bits per heavy atom. The van der Waals surface area contributed by atoms with Gasteiger partial charge < -0.3 is 15.1 Å². The number of hydrogen-bond donors (Lipinski definition) is 2. The van der Waals surface area contributed by atoms with Crippen LogP contribution in [-0.4, -0.2) is 33.3 Å².